The Kier molecular flexibility index (Phi) is 5.09. The molecule has 1 aliphatic rings. The predicted molar refractivity (Wildman–Crippen MR) is 105 cm³/mol. The maximum atomic E-state index is 10.7. The fourth-order valence-electron chi connectivity index (χ4n) is 3.57. The van der Waals surface area contributed by atoms with E-state index in [-0.39, 0.29) is 10.6 Å². The first-order valence-electron chi connectivity index (χ1n) is 9.19. The normalized spacial score (nSPS) is 15.9. The number of fused-ring (bicyclic) bond motifs is 1. The molecule has 0 unspecified atom stereocenters. The molecule has 27 heavy (non-hydrogen) atoms. The molecule has 6 heteroatoms. The zero-order valence-corrected chi connectivity index (χ0v) is 15.1. The molecule has 1 saturated heterocycles. The van der Waals surface area contributed by atoms with E-state index in [1.165, 1.54) is 10.9 Å². The Bertz CT molecular complexity index is 934. The van der Waals surface area contributed by atoms with Crippen molar-refractivity contribution in [2.45, 2.75) is 13.1 Å². The summed E-state index contributed by atoms with van der Waals surface area (Å²) >= 11 is 0. The van der Waals surface area contributed by atoms with Gasteiger partial charge in [0.15, 0.2) is 0 Å². The number of hydrogen-bond donors (Lipinski definition) is 0. The summed E-state index contributed by atoms with van der Waals surface area (Å²) in [4.78, 5) is 19.6. The summed E-state index contributed by atoms with van der Waals surface area (Å²) in [6.07, 6.45) is 1.83. The number of piperazine rings is 1. The van der Waals surface area contributed by atoms with Gasteiger partial charge in [-0.15, -0.1) is 0 Å². The van der Waals surface area contributed by atoms with Gasteiger partial charge in [0.2, 0.25) is 0 Å². The number of aromatic nitrogens is 1. The predicted octanol–water partition coefficient (Wildman–Crippen LogP) is 3.46. The summed E-state index contributed by atoms with van der Waals surface area (Å²) in [6, 6.07) is 17.4. The summed E-state index contributed by atoms with van der Waals surface area (Å²) in [6.45, 7) is 5.86. The van der Waals surface area contributed by atoms with Gasteiger partial charge in [-0.1, -0.05) is 24.3 Å². The van der Waals surface area contributed by atoms with E-state index in [9.17, 15) is 10.1 Å². The molecular weight excluding hydrogens is 340 g/mol. The zero-order chi connectivity index (χ0) is 18.6. The van der Waals surface area contributed by atoms with Crippen molar-refractivity contribution >= 4 is 16.6 Å². The van der Waals surface area contributed by atoms with E-state index in [1.807, 2.05) is 24.4 Å². The van der Waals surface area contributed by atoms with Crippen molar-refractivity contribution in [3.8, 4) is 0 Å². The standard InChI is InChI=1S/C21H22N4O2/c26-25(27)20-6-3-17(4-7-20)15-23-10-12-24(13-11-23)16-18-5-8-21-19(14-18)2-1-9-22-21/h1-9,14H,10-13,15-16H2. The SMILES string of the molecule is O=[N+]([O-])c1ccc(CN2CCN(Cc3ccc4ncccc4c3)CC2)cc1. The highest BCUT2D eigenvalue weighted by atomic mass is 16.6. The number of pyridine rings is 1. The van der Waals surface area contributed by atoms with Gasteiger partial charge in [0, 0.05) is 63.0 Å². The average Bonchev–Trinajstić information content (AvgIpc) is 2.70. The molecule has 0 amide bonds. The van der Waals surface area contributed by atoms with Crippen LogP contribution in [0, 0.1) is 10.1 Å². The van der Waals surface area contributed by atoms with Crippen LogP contribution in [0.5, 0.6) is 0 Å². The maximum absolute atomic E-state index is 10.7. The summed E-state index contributed by atoms with van der Waals surface area (Å²) in [5.41, 5.74) is 3.62. The maximum Gasteiger partial charge on any atom is 0.269 e. The lowest BCUT2D eigenvalue weighted by molar-refractivity contribution is -0.384. The van der Waals surface area contributed by atoms with Crippen LogP contribution in [0.15, 0.2) is 60.8 Å². The smallest absolute Gasteiger partial charge is 0.269 e. The van der Waals surface area contributed by atoms with Crippen LogP contribution in [0.2, 0.25) is 0 Å². The van der Waals surface area contributed by atoms with Crippen LogP contribution < -0.4 is 0 Å². The van der Waals surface area contributed by atoms with Gasteiger partial charge in [-0.2, -0.15) is 0 Å². The molecule has 6 nitrogen and oxygen atoms in total. The molecule has 2 aromatic carbocycles. The molecule has 0 radical (unpaired) electrons. The third-order valence-electron chi connectivity index (χ3n) is 5.09. The van der Waals surface area contributed by atoms with Crippen LogP contribution in [0.3, 0.4) is 0 Å². The fourth-order valence-corrected chi connectivity index (χ4v) is 3.57. The van der Waals surface area contributed by atoms with Gasteiger partial charge in [-0.3, -0.25) is 24.9 Å². The van der Waals surface area contributed by atoms with Crippen LogP contribution in [0.4, 0.5) is 5.69 Å². The topological polar surface area (TPSA) is 62.5 Å². The molecule has 1 fully saturated rings. The summed E-state index contributed by atoms with van der Waals surface area (Å²) < 4.78 is 0. The van der Waals surface area contributed by atoms with Crippen molar-refractivity contribution in [3.63, 3.8) is 0 Å². The number of nitro groups is 1. The number of nitrogens with zero attached hydrogens (tertiary/aromatic N) is 4. The van der Waals surface area contributed by atoms with Gasteiger partial charge in [-0.25, -0.2) is 0 Å². The number of hydrogen-bond acceptors (Lipinski definition) is 5. The Balaban J connectivity index is 1.31. The lowest BCUT2D eigenvalue weighted by Crippen LogP contribution is -2.45. The van der Waals surface area contributed by atoms with E-state index in [0.29, 0.717) is 0 Å². The van der Waals surface area contributed by atoms with Gasteiger partial charge in [0.25, 0.3) is 5.69 Å². The van der Waals surface area contributed by atoms with Crippen LogP contribution in [-0.4, -0.2) is 45.9 Å². The first kappa shape index (κ1) is 17.6. The third-order valence-corrected chi connectivity index (χ3v) is 5.09. The van der Waals surface area contributed by atoms with E-state index in [4.69, 9.17) is 0 Å². The van der Waals surface area contributed by atoms with E-state index >= 15 is 0 Å². The van der Waals surface area contributed by atoms with Gasteiger partial charge < -0.3 is 0 Å². The molecule has 2 heterocycles. The van der Waals surface area contributed by atoms with Crippen molar-refractivity contribution in [1.82, 2.24) is 14.8 Å². The van der Waals surface area contributed by atoms with Crippen LogP contribution in [0.1, 0.15) is 11.1 Å². The first-order valence-corrected chi connectivity index (χ1v) is 9.19. The Morgan fingerprint density at radius 3 is 2.19 bits per heavy atom. The Morgan fingerprint density at radius 2 is 1.52 bits per heavy atom. The molecular formula is C21H22N4O2. The van der Waals surface area contributed by atoms with E-state index in [2.05, 4.69) is 39.0 Å². The second-order valence-corrected chi connectivity index (χ2v) is 7.01. The minimum absolute atomic E-state index is 0.147. The lowest BCUT2D eigenvalue weighted by atomic mass is 10.1. The fraction of sp³-hybridized carbons (Fsp3) is 0.286. The van der Waals surface area contributed by atoms with Crippen molar-refractivity contribution in [3.05, 3.63) is 82.0 Å². The monoisotopic (exact) mass is 362 g/mol. The van der Waals surface area contributed by atoms with Gasteiger partial charge in [-0.05, 0) is 29.3 Å². The molecule has 0 N–H and O–H groups in total. The van der Waals surface area contributed by atoms with Crippen molar-refractivity contribution in [1.29, 1.82) is 0 Å². The summed E-state index contributed by atoms with van der Waals surface area (Å²) in [7, 11) is 0. The number of nitro benzene ring substituents is 1. The first-order chi connectivity index (χ1) is 13.2. The van der Waals surface area contributed by atoms with Gasteiger partial charge >= 0.3 is 0 Å². The van der Waals surface area contributed by atoms with Gasteiger partial charge in [0.05, 0.1) is 10.4 Å². The molecule has 3 aromatic rings. The number of rotatable bonds is 5. The number of non-ortho nitro benzene ring substituents is 1. The quantitative estimate of drug-likeness (QED) is 0.514. The van der Waals surface area contributed by atoms with Crippen molar-refractivity contribution in [2.24, 2.45) is 0 Å². The average molecular weight is 362 g/mol. The molecule has 0 aliphatic carbocycles. The van der Waals surface area contributed by atoms with Crippen LogP contribution >= 0.6 is 0 Å². The largest absolute Gasteiger partial charge is 0.297 e. The summed E-state index contributed by atoms with van der Waals surface area (Å²) in [5.74, 6) is 0. The highest BCUT2D eigenvalue weighted by Crippen LogP contribution is 2.17. The second kappa shape index (κ2) is 7.82. The number of benzene rings is 2. The van der Waals surface area contributed by atoms with E-state index < -0.39 is 0 Å². The van der Waals surface area contributed by atoms with Crippen molar-refractivity contribution < 1.29 is 4.92 Å². The third kappa shape index (κ3) is 4.30. The molecule has 0 atom stereocenters. The zero-order valence-electron chi connectivity index (χ0n) is 15.1. The molecule has 0 saturated carbocycles. The van der Waals surface area contributed by atoms with Gasteiger partial charge in [0.1, 0.15) is 0 Å². The lowest BCUT2D eigenvalue weighted by Gasteiger charge is -2.34. The van der Waals surface area contributed by atoms with Crippen LogP contribution in [0.25, 0.3) is 10.9 Å². The molecule has 0 bridgehead atoms. The summed E-state index contributed by atoms with van der Waals surface area (Å²) in [5, 5.41) is 11.9. The Labute approximate surface area is 158 Å². The second-order valence-electron chi connectivity index (χ2n) is 7.01. The minimum Gasteiger partial charge on any atom is -0.297 e. The minimum atomic E-state index is -0.356. The van der Waals surface area contributed by atoms with Crippen LogP contribution in [-0.2, 0) is 13.1 Å². The van der Waals surface area contributed by atoms with Crippen molar-refractivity contribution in [2.75, 3.05) is 26.2 Å². The Hall–Kier alpha value is -2.83. The molecule has 138 valence electrons. The van der Waals surface area contributed by atoms with E-state index in [1.54, 1.807) is 12.1 Å². The van der Waals surface area contributed by atoms with E-state index in [0.717, 1.165) is 50.3 Å². The molecule has 0 spiro atoms. The highest BCUT2D eigenvalue weighted by molar-refractivity contribution is 5.78. The molecule has 1 aromatic heterocycles. The molecule has 1 aliphatic heterocycles. The Morgan fingerprint density at radius 1 is 0.889 bits per heavy atom. The highest BCUT2D eigenvalue weighted by Gasteiger charge is 2.17. The molecule has 4 rings (SSSR count).